The highest BCUT2D eigenvalue weighted by molar-refractivity contribution is 5.85. The van der Waals surface area contributed by atoms with Crippen LogP contribution in [-0.4, -0.2) is 17.6 Å². The maximum Gasteiger partial charge on any atom is 0.328 e. The average molecular weight is 242 g/mol. The first kappa shape index (κ1) is 13.0. The molecule has 0 aromatic heterocycles. The highest BCUT2D eigenvalue weighted by atomic mass is 35.5. The molecule has 1 aromatic carbocycles. The van der Waals surface area contributed by atoms with Crippen LogP contribution >= 0.6 is 12.4 Å². The number of carboxylic acid groups (broad SMARTS) is 1. The predicted octanol–water partition coefficient (Wildman–Crippen LogP) is 2.08. The average Bonchev–Trinajstić information content (AvgIpc) is 2.69. The number of hydrogen-bond acceptors (Lipinski definition) is 2. The van der Waals surface area contributed by atoms with Crippen LogP contribution in [0.1, 0.15) is 24.0 Å². The molecule has 1 aliphatic rings. The largest absolute Gasteiger partial charge is 0.480 e. The van der Waals surface area contributed by atoms with Crippen LogP contribution in [0.25, 0.3) is 0 Å². The zero-order chi connectivity index (χ0) is 10.9. The van der Waals surface area contributed by atoms with Crippen molar-refractivity contribution in [3.05, 3.63) is 35.4 Å². The van der Waals surface area contributed by atoms with E-state index < -0.39 is 11.5 Å². The van der Waals surface area contributed by atoms with E-state index in [1.807, 2.05) is 31.2 Å². The summed E-state index contributed by atoms with van der Waals surface area (Å²) in [6.07, 6.45) is 1.59. The molecule has 1 heterocycles. The molecular formula is C12H16ClNO2. The summed E-state index contributed by atoms with van der Waals surface area (Å²) in [5, 5.41) is 12.4. The normalized spacial score (nSPS) is 23.8. The number of halogens is 1. The molecule has 0 aliphatic carbocycles. The second-order valence-corrected chi connectivity index (χ2v) is 4.11. The Morgan fingerprint density at radius 3 is 2.44 bits per heavy atom. The Hall–Kier alpha value is -1.06. The van der Waals surface area contributed by atoms with Gasteiger partial charge in [0.05, 0.1) is 0 Å². The monoisotopic (exact) mass is 241 g/mol. The molecule has 0 radical (unpaired) electrons. The molecular weight excluding hydrogens is 226 g/mol. The Balaban J connectivity index is 0.00000128. The van der Waals surface area contributed by atoms with E-state index >= 15 is 0 Å². The van der Waals surface area contributed by atoms with E-state index in [2.05, 4.69) is 5.32 Å². The highest BCUT2D eigenvalue weighted by Crippen LogP contribution is 2.31. The summed E-state index contributed by atoms with van der Waals surface area (Å²) >= 11 is 0. The molecule has 1 fully saturated rings. The van der Waals surface area contributed by atoms with Crippen LogP contribution in [0, 0.1) is 6.92 Å². The molecule has 88 valence electrons. The molecule has 1 saturated heterocycles. The van der Waals surface area contributed by atoms with E-state index in [1.54, 1.807) is 0 Å². The second-order valence-electron chi connectivity index (χ2n) is 4.11. The van der Waals surface area contributed by atoms with Gasteiger partial charge in [-0.25, -0.2) is 4.79 Å². The van der Waals surface area contributed by atoms with E-state index in [-0.39, 0.29) is 12.4 Å². The van der Waals surface area contributed by atoms with Gasteiger partial charge in [-0.1, -0.05) is 29.8 Å². The maximum atomic E-state index is 11.3. The van der Waals surface area contributed by atoms with Crippen molar-refractivity contribution in [1.82, 2.24) is 5.32 Å². The second kappa shape index (κ2) is 4.85. The number of aryl methyl sites for hydroxylation is 1. The molecule has 1 aliphatic heterocycles. The van der Waals surface area contributed by atoms with Crippen molar-refractivity contribution in [2.45, 2.75) is 25.3 Å². The third-order valence-electron chi connectivity index (χ3n) is 3.06. The molecule has 4 heteroatoms. The van der Waals surface area contributed by atoms with E-state index in [4.69, 9.17) is 0 Å². The summed E-state index contributed by atoms with van der Waals surface area (Å²) in [4.78, 5) is 11.3. The minimum absolute atomic E-state index is 0. The van der Waals surface area contributed by atoms with Gasteiger partial charge in [-0.05, 0) is 31.9 Å². The molecule has 0 amide bonds. The molecule has 16 heavy (non-hydrogen) atoms. The van der Waals surface area contributed by atoms with Gasteiger partial charge in [0.15, 0.2) is 0 Å². The number of aliphatic carboxylic acids is 1. The number of nitrogens with one attached hydrogen (secondary N) is 1. The SMILES string of the molecule is Cc1ccc(C2(C(=O)O)CCCN2)cc1.Cl. The summed E-state index contributed by atoms with van der Waals surface area (Å²) in [5.41, 5.74) is 1.16. The van der Waals surface area contributed by atoms with Gasteiger partial charge in [0.1, 0.15) is 5.54 Å². The van der Waals surface area contributed by atoms with Crippen LogP contribution in [0.5, 0.6) is 0 Å². The number of carboxylic acids is 1. The Morgan fingerprint density at radius 1 is 1.38 bits per heavy atom. The molecule has 3 nitrogen and oxygen atoms in total. The fourth-order valence-corrected chi connectivity index (χ4v) is 2.13. The fraction of sp³-hybridized carbons (Fsp3) is 0.417. The van der Waals surface area contributed by atoms with Crippen molar-refractivity contribution in [2.24, 2.45) is 0 Å². The van der Waals surface area contributed by atoms with Crippen LogP contribution in [0.3, 0.4) is 0 Å². The number of hydrogen-bond donors (Lipinski definition) is 2. The Bertz CT molecular complexity index is 369. The Labute approximate surface area is 101 Å². The smallest absolute Gasteiger partial charge is 0.328 e. The first-order chi connectivity index (χ1) is 7.15. The molecule has 0 spiro atoms. The van der Waals surface area contributed by atoms with Crippen LogP contribution in [0.4, 0.5) is 0 Å². The molecule has 1 atom stereocenters. The summed E-state index contributed by atoms with van der Waals surface area (Å²) in [7, 11) is 0. The van der Waals surface area contributed by atoms with E-state index in [1.165, 1.54) is 0 Å². The minimum atomic E-state index is -0.853. The Kier molecular flexibility index (Phi) is 3.94. The van der Waals surface area contributed by atoms with Gasteiger partial charge in [-0.2, -0.15) is 0 Å². The van der Waals surface area contributed by atoms with Crippen LogP contribution in [0.15, 0.2) is 24.3 Å². The first-order valence-electron chi connectivity index (χ1n) is 5.21. The van der Waals surface area contributed by atoms with Gasteiger partial charge in [-0.3, -0.25) is 5.32 Å². The molecule has 2 rings (SSSR count). The van der Waals surface area contributed by atoms with Crippen LogP contribution in [0.2, 0.25) is 0 Å². The minimum Gasteiger partial charge on any atom is -0.480 e. The van der Waals surface area contributed by atoms with E-state index in [0.717, 1.165) is 24.1 Å². The molecule has 0 bridgehead atoms. The standard InChI is InChI=1S/C12H15NO2.ClH/c1-9-3-5-10(6-4-9)12(11(14)15)7-2-8-13-12;/h3-6,13H,2,7-8H2,1H3,(H,14,15);1H. The van der Waals surface area contributed by atoms with Crippen molar-refractivity contribution in [1.29, 1.82) is 0 Å². The third-order valence-corrected chi connectivity index (χ3v) is 3.06. The lowest BCUT2D eigenvalue weighted by Gasteiger charge is -2.25. The van der Waals surface area contributed by atoms with Gasteiger partial charge in [-0.15, -0.1) is 12.4 Å². The maximum absolute atomic E-state index is 11.3. The van der Waals surface area contributed by atoms with Crippen molar-refractivity contribution in [3.8, 4) is 0 Å². The topological polar surface area (TPSA) is 49.3 Å². The quantitative estimate of drug-likeness (QED) is 0.834. The molecule has 2 N–H and O–H groups in total. The summed E-state index contributed by atoms with van der Waals surface area (Å²) in [6.45, 7) is 2.78. The number of rotatable bonds is 2. The third kappa shape index (κ3) is 2.06. The fourth-order valence-electron chi connectivity index (χ4n) is 2.13. The van der Waals surface area contributed by atoms with Crippen molar-refractivity contribution >= 4 is 18.4 Å². The van der Waals surface area contributed by atoms with Crippen molar-refractivity contribution in [2.75, 3.05) is 6.54 Å². The van der Waals surface area contributed by atoms with Gasteiger partial charge in [0.25, 0.3) is 0 Å². The molecule has 0 saturated carbocycles. The number of carbonyl (C=O) groups is 1. The highest BCUT2D eigenvalue weighted by Gasteiger charge is 2.42. The van der Waals surface area contributed by atoms with Crippen molar-refractivity contribution < 1.29 is 9.90 Å². The molecule has 1 unspecified atom stereocenters. The Morgan fingerprint density at radius 2 is 2.00 bits per heavy atom. The zero-order valence-electron chi connectivity index (χ0n) is 9.19. The predicted molar refractivity (Wildman–Crippen MR) is 65.0 cm³/mol. The number of benzene rings is 1. The van der Waals surface area contributed by atoms with E-state index in [0.29, 0.717) is 6.42 Å². The lowest BCUT2D eigenvalue weighted by atomic mass is 9.88. The first-order valence-corrected chi connectivity index (χ1v) is 5.21. The van der Waals surface area contributed by atoms with E-state index in [9.17, 15) is 9.90 Å². The van der Waals surface area contributed by atoms with Gasteiger partial charge in [0, 0.05) is 0 Å². The lowest BCUT2D eigenvalue weighted by molar-refractivity contribution is -0.144. The summed E-state index contributed by atoms with van der Waals surface area (Å²) in [5.74, 6) is -0.774. The van der Waals surface area contributed by atoms with Crippen LogP contribution in [-0.2, 0) is 10.3 Å². The van der Waals surface area contributed by atoms with Gasteiger partial charge in [0.2, 0.25) is 0 Å². The van der Waals surface area contributed by atoms with Gasteiger partial charge >= 0.3 is 5.97 Å². The summed E-state index contributed by atoms with van der Waals surface area (Å²) < 4.78 is 0. The van der Waals surface area contributed by atoms with Crippen LogP contribution < -0.4 is 5.32 Å². The lowest BCUT2D eigenvalue weighted by Crippen LogP contribution is -2.44. The van der Waals surface area contributed by atoms with Gasteiger partial charge < -0.3 is 5.11 Å². The summed E-state index contributed by atoms with van der Waals surface area (Å²) in [6, 6.07) is 7.73. The van der Waals surface area contributed by atoms with Crippen molar-refractivity contribution in [3.63, 3.8) is 0 Å². The molecule has 1 aromatic rings. The zero-order valence-corrected chi connectivity index (χ0v) is 10.0.